The van der Waals surface area contributed by atoms with Gasteiger partial charge in [-0.05, 0) is 19.1 Å². The summed E-state index contributed by atoms with van der Waals surface area (Å²) in [5, 5.41) is 6.29. The molecule has 0 radical (unpaired) electrons. The van der Waals surface area contributed by atoms with E-state index in [1.807, 2.05) is 0 Å². The third kappa shape index (κ3) is 4.09. The Morgan fingerprint density at radius 2 is 2.14 bits per heavy atom. The Bertz CT molecular complexity index is 654. The molecule has 7 heteroatoms. The number of methoxy groups -OCH3 is 1. The van der Waals surface area contributed by atoms with Crippen LogP contribution in [0.2, 0.25) is 0 Å². The number of carbonyl (C=O) groups excluding carboxylic acids is 2. The number of esters is 1. The van der Waals surface area contributed by atoms with E-state index in [0.717, 1.165) is 0 Å². The Morgan fingerprint density at radius 1 is 1.38 bits per heavy atom. The molecule has 2 rings (SSSR count). The average Bonchev–Trinajstić information content (AvgIpc) is 2.89. The van der Waals surface area contributed by atoms with Crippen molar-refractivity contribution in [2.24, 2.45) is 0 Å². The van der Waals surface area contributed by atoms with Crippen LogP contribution < -0.4 is 5.32 Å². The summed E-state index contributed by atoms with van der Waals surface area (Å²) in [5.41, 5.74) is 0.440. The van der Waals surface area contributed by atoms with E-state index in [1.54, 1.807) is 37.3 Å². The molecule has 21 heavy (non-hydrogen) atoms. The van der Waals surface area contributed by atoms with Gasteiger partial charge in [0.15, 0.2) is 5.82 Å². The minimum absolute atomic E-state index is 0.153. The average molecular weight is 306 g/mol. The molecule has 2 aromatic rings. The highest BCUT2D eigenvalue weighted by molar-refractivity contribution is 8.00. The van der Waals surface area contributed by atoms with E-state index in [4.69, 9.17) is 9.26 Å². The maximum Gasteiger partial charge on any atom is 0.338 e. The first-order valence-electron chi connectivity index (χ1n) is 6.13. The number of anilines is 1. The van der Waals surface area contributed by atoms with E-state index in [-0.39, 0.29) is 11.7 Å². The highest BCUT2D eigenvalue weighted by atomic mass is 32.2. The van der Waals surface area contributed by atoms with Gasteiger partial charge in [-0.2, -0.15) is 0 Å². The number of hydrogen-bond acceptors (Lipinski definition) is 6. The second kappa shape index (κ2) is 6.94. The molecule has 0 aliphatic carbocycles. The zero-order chi connectivity index (χ0) is 15.2. The molecule has 1 aromatic carbocycles. The Hall–Kier alpha value is -2.28. The van der Waals surface area contributed by atoms with Crippen LogP contribution in [0.25, 0.3) is 0 Å². The third-order valence-corrected chi connectivity index (χ3v) is 3.62. The molecule has 0 unspecified atom stereocenters. The maximum absolute atomic E-state index is 11.8. The van der Waals surface area contributed by atoms with Gasteiger partial charge in [0.2, 0.25) is 5.91 Å². The molecular formula is C14H14N2O4S. The highest BCUT2D eigenvalue weighted by Gasteiger charge is 2.13. The second-order valence-electron chi connectivity index (χ2n) is 4.15. The topological polar surface area (TPSA) is 81.4 Å². The molecule has 1 heterocycles. The first kappa shape index (κ1) is 15.1. The Morgan fingerprint density at radius 3 is 2.81 bits per heavy atom. The monoisotopic (exact) mass is 306 g/mol. The fourth-order valence-electron chi connectivity index (χ4n) is 1.62. The van der Waals surface area contributed by atoms with Crippen molar-refractivity contribution in [3.63, 3.8) is 0 Å². The maximum atomic E-state index is 11.8. The first-order valence-corrected chi connectivity index (χ1v) is 7.12. The molecule has 0 bridgehead atoms. The van der Waals surface area contributed by atoms with Crippen LogP contribution in [-0.2, 0) is 9.53 Å². The molecule has 0 saturated carbocycles. The van der Waals surface area contributed by atoms with E-state index in [1.165, 1.54) is 18.9 Å². The van der Waals surface area contributed by atoms with Crippen molar-refractivity contribution in [2.75, 3.05) is 18.2 Å². The fourth-order valence-corrected chi connectivity index (χ4v) is 2.46. The number of hydrogen-bond donors (Lipinski definition) is 1. The van der Waals surface area contributed by atoms with Crippen LogP contribution in [0.4, 0.5) is 5.82 Å². The SMILES string of the molecule is COC(=O)c1ccccc1SCC(=O)Nc1cc(C)on1. The zero-order valence-corrected chi connectivity index (χ0v) is 12.4. The molecule has 0 aliphatic rings. The van der Waals surface area contributed by atoms with Crippen molar-refractivity contribution >= 4 is 29.5 Å². The van der Waals surface area contributed by atoms with Gasteiger partial charge >= 0.3 is 5.97 Å². The van der Waals surface area contributed by atoms with Crippen molar-refractivity contribution in [2.45, 2.75) is 11.8 Å². The fraction of sp³-hybridized carbons (Fsp3) is 0.214. The zero-order valence-electron chi connectivity index (χ0n) is 11.6. The molecule has 6 nitrogen and oxygen atoms in total. The summed E-state index contributed by atoms with van der Waals surface area (Å²) in [6, 6.07) is 8.60. The second-order valence-corrected chi connectivity index (χ2v) is 5.16. The van der Waals surface area contributed by atoms with Gasteiger partial charge in [0, 0.05) is 11.0 Å². The van der Waals surface area contributed by atoms with Gasteiger partial charge < -0.3 is 14.6 Å². The van der Waals surface area contributed by atoms with Gasteiger partial charge in [0.25, 0.3) is 0 Å². The first-order chi connectivity index (χ1) is 10.1. The number of thioether (sulfide) groups is 1. The Labute approximate surface area is 125 Å². The van der Waals surface area contributed by atoms with E-state index < -0.39 is 5.97 Å². The number of amides is 1. The summed E-state index contributed by atoms with van der Waals surface area (Å²) in [7, 11) is 1.32. The molecule has 1 amide bonds. The smallest absolute Gasteiger partial charge is 0.338 e. The van der Waals surface area contributed by atoms with Gasteiger partial charge in [-0.1, -0.05) is 17.3 Å². The molecule has 110 valence electrons. The standard InChI is InChI=1S/C14H14N2O4S/c1-9-7-12(16-20-9)15-13(17)8-21-11-6-4-3-5-10(11)14(18)19-2/h3-7H,8H2,1-2H3,(H,15,16,17). The van der Waals surface area contributed by atoms with Crippen LogP contribution in [0.5, 0.6) is 0 Å². The lowest BCUT2D eigenvalue weighted by atomic mass is 10.2. The van der Waals surface area contributed by atoms with Crippen molar-refractivity contribution in [3.8, 4) is 0 Å². The Balaban J connectivity index is 1.96. The highest BCUT2D eigenvalue weighted by Crippen LogP contribution is 2.23. The number of carbonyl (C=O) groups is 2. The van der Waals surface area contributed by atoms with E-state index in [2.05, 4.69) is 10.5 Å². The Kier molecular flexibility index (Phi) is 4.99. The molecule has 0 saturated heterocycles. The molecule has 0 fully saturated rings. The minimum atomic E-state index is -0.425. The van der Waals surface area contributed by atoms with Crippen LogP contribution in [0.15, 0.2) is 39.8 Å². The third-order valence-electron chi connectivity index (χ3n) is 2.55. The number of ether oxygens (including phenoxy) is 1. The van der Waals surface area contributed by atoms with E-state index >= 15 is 0 Å². The van der Waals surface area contributed by atoms with Gasteiger partial charge in [0.05, 0.1) is 18.4 Å². The predicted molar refractivity (Wildman–Crippen MR) is 78.4 cm³/mol. The predicted octanol–water partition coefficient (Wildman–Crippen LogP) is 2.50. The van der Waals surface area contributed by atoms with Crippen molar-refractivity contribution in [3.05, 3.63) is 41.7 Å². The van der Waals surface area contributed by atoms with Crippen LogP contribution in [0.1, 0.15) is 16.1 Å². The molecule has 1 N–H and O–H groups in total. The number of benzene rings is 1. The number of nitrogens with zero attached hydrogens (tertiary/aromatic N) is 1. The lowest BCUT2D eigenvalue weighted by Crippen LogP contribution is -2.14. The number of aryl methyl sites for hydroxylation is 1. The summed E-state index contributed by atoms with van der Waals surface area (Å²) in [6.45, 7) is 1.74. The lowest BCUT2D eigenvalue weighted by Gasteiger charge is -2.06. The van der Waals surface area contributed by atoms with Crippen molar-refractivity contribution in [1.82, 2.24) is 5.16 Å². The summed E-state index contributed by atoms with van der Waals surface area (Å²) in [4.78, 5) is 24.1. The summed E-state index contributed by atoms with van der Waals surface area (Å²) in [5.74, 6) is 0.492. The van der Waals surface area contributed by atoms with Crippen LogP contribution in [0, 0.1) is 6.92 Å². The number of rotatable bonds is 5. The van der Waals surface area contributed by atoms with Crippen LogP contribution in [0.3, 0.4) is 0 Å². The summed E-state index contributed by atoms with van der Waals surface area (Å²) >= 11 is 1.25. The minimum Gasteiger partial charge on any atom is -0.465 e. The van der Waals surface area contributed by atoms with E-state index in [0.29, 0.717) is 22.0 Å². The summed E-state index contributed by atoms with van der Waals surface area (Å²) < 4.78 is 9.57. The molecule has 0 spiro atoms. The largest absolute Gasteiger partial charge is 0.465 e. The van der Waals surface area contributed by atoms with Crippen molar-refractivity contribution in [1.29, 1.82) is 0 Å². The van der Waals surface area contributed by atoms with E-state index in [9.17, 15) is 9.59 Å². The number of aromatic nitrogens is 1. The molecular weight excluding hydrogens is 292 g/mol. The van der Waals surface area contributed by atoms with Gasteiger partial charge in [-0.15, -0.1) is 11.8 Å². The quantitative estimate of drug-likeness (QED) is 0.675. The molecule has 0 atom stereocenters. The molecule has 0 aliphatic heterocycles. The van der Waals surface area contributed by atoms with Crippen LogP contribution in [-0.4, -0.2) is 29.9 Å². The number of nitrogens with one attached hydrogen (secondary N) is 1. The van der Waals surface area contributed by atoms with Gasteiger partial charge in [-0.25, -0.2) is 4.79 Å². The van der Waals surface area contributed by atoms with Gasteiger partial charge in [0.1, 0.15) is 5.76 Å². The summed E-state index contributed by atoms with van der Waals surface area (Å²) in [6.07, 6.45) is 0. The van der Waals surface area contributed by atoms with Gasteiger partial charge in [-0.3, -0.25) is 4.79 Å². The normalized spacial score (nSPS) is 10.2. The molecule has 1 aromatic heterocycles. The van der Waals surface area contributed by atoms with Crippen molar-refractivity contribution < 1.29 is 18.8 Å². The van der Waals surface area contributed by atoms with Crippen LogP contribution >= 0.6 is 11.8 Å². The lowest BCUT2D eigenvalue weighted by molar-refractivity contribution is -0.113.